The predicted molar refractivity (Wildman–Crippen MR) is 91.0 cm³/mol. The molecule has 0 aliphatic carbocycles. The SMILES string of the molecule is CCC(C)(O)CC(=O)N1CCCN(Cc2cccc(C)n2)CC1. The molecule has 1 aliphatic heterocycles. The number of carbonyl (C=O) groups excluding carboxylic acids is 1. The average Bonchev–Trinajstić information content (AvgIpc) is 2.72. The van der Waals surface area contributed by atoms with Gasteiger partial charge in [-0.3, -0.25) is 14.7 Å². The van der Waals surface area contributed by atoms with E-state index in [2.05, 4.69) is 16.0 Å². The number of carbonyl (C=O) groups is 1. The van der Waals surface area contributed by atoms with Gasteiger partial charge in [-0.2, -0.15) is 0 Å². The van der Waals surface area contributed by atoms with Crippen LogP contribution in [0.4, 0.5) is 0 Å². The van der Waals surface area contributed by atoms with Crippen LogP contribution in [0.3, 0.4) is 0 Å². The van der Waals surface area contributed by atoms with E-state index in [-0.39, 0.29) is 12.3 Å². The number of aliphatic hydroxyl groups is 1. The van der Waals surface area contributed by atoms with Crippen molar-refractivity contribution in [2.24, 2.45) is 0 Å². The zero-order valence-corrected chi connectivity index (χ0v) is 14.6. The van der Waals surface area contributed by atoms with Crippen molar-refractivity contribution in [1.29, 1.82) is 0 Å². The molecule has 5 nitrogen and oxygen atoms in total. The Morgan fingerprint density at radius 1 is 1.30 bits per heavy atom. The first-order chi connectivity index (χ1) is 10.9. The van der Waals surface area contributed by atoms with E-state index in [4.69, 9.17) is 0 Å². The second-order valence-corrected chi connectivity index (χ2v) is 6.81. The summed E-state index contributed by atoms with van der Waals surface area (Å²) in [6.07, 6.45) is 1.77. The van der Waals surface area contributed by atoms with Gasteiger partial charge in [-0.15, -0.1) is 0 Å². The van der Waals surface area contributed by atoms with Gasteiger partial charge in [0.15, 0.2) is 0 Å². The van der Waals surface area contributed by atoms with E-state index in [9.17, 15) is 9.90 Å². The van der Waals surface area contributed by atoms with Crippen LogP contribution in [0, 0.1) is 6.92 Å². The van der Waals surface area contributed by atoms with Crippen LogP contribution in [-0.4, -0.2) is 57.6 Å². The van der Waals surface area contributed by atoms with E-state index >= 15 is 0 Å². The molecule has 1 amide bonds. The number of nitrogens with zero attached hydrogens (tertiary/aromatic N) is 3. The molecule has 2 rings (SSSR count). The number of aromatic nitrogens is 1. The molecule has 1 saturated heterocycles. The molecule has 1 atom stereocenters. The average molecular weight is 319 g/mol. The maximum Gasteiger partial charge on any atom is 0.225 e. The minimum absolute atomic E-state index is 0.0624. The first-order valence-electron chi connectivity index (χ1n) is 8.55. The van der Waals surface area contributed by atoms with Gasteiger partial charge in [-0.05, 0) is 38.8 Å². The Labute approximate surface area is 139 Å². The summed E-state index contributed by atoms with van der Waals surface area (Å²) in [6.45, 7) is 9.81. The van der Waals surface area contributed by atoms with Crippen molar-refractivity contribution in [2.45, 2.75) is 52.2 Å². The van der Waals surface area contributed by atoms with Crippen LogP contribution in [0.2, 0.25) is 0 Å². The molecule has 0 saturated carbocycles. The van der Waals surface area contributed by atoms with E-state index in [0.717, 1.165) is 50.5 Å². The molecule has 2 heterocycles. The number of amides is 1. The summed E-state index contributed by atoms with van der Waals surface area (Å²) in [5.74, 6) is 0.0624. The zero-order chi connectivity index (χ0) is 16.9. The molecule has 1 aromatic heterocycles. The van der Waals surface area contributed by atoms with Gasteiger partial charge in [0.25, 0.3) is 0 Å². The van der Waals surface area contributed by atoms with Crippen molar-refractivity contribution < 1.29 is 9.90 Å². The van der Waals surface area contributed by atoms with Crippen molar-refractivity contribution in [3.05, 3.63) is 29.6 Å². The first-order valence-corrected chi connectivity index (χ1v) is 8.55. The second-order valence-electron chi connectivity index (χ2n) is 6.81. The quantitative estimate of drug-likeness (QED) is 0.901. The minimum atomic E-state index is -0.894. The lowest BCUT2D eigenvalue weighted by molar-refractivity contribution is -0.135. The minimum Gasteiger partial charge on any atom is -0.390 e. The second kappa shape index (κ2) is 7.88. The fourth-order valence-corrected chi connectivity index (χ4v) is 2.86. The Balaban J connectivity index is 1.88. The van der Waals surface area contributed by atoms with Gasteiger partial charge < -0.3 is 10.0 Å². The molecule has 0 radical (unpaired) electrons. The van der Waals surface area contributed by atoms with E-state index < -0.39 is 5.60 Å². The monoisotopic (exact) mass is 319 g/mol. The summed E-state index contributed by atoms with van der Waals surface area (Å²) < 4.78 is 0. The molecule has 0 bridgehead atoms. The molecular formula is C18H29N3O2. The molecule has 1 aliphatic rings. The Morgan fingerprint density at radius 3 is 2.78 bits per heavy atom. The van der Waals surface area contributed by atoms with Gasteiger partial charge >= 0.3 is 0 Å². The number of hydrogen-bond acceptors (Lipinski definition) is 4. The van der Waals surface area contributed by atoms with E-state index in [1.807, 2.05) is 30.9 Å². The molecule has 23 heavy (non-hydrogen) atoms. The van der Waals surface area contributed by atoms with Crippen molar-refractivity contribution >= 4 is 5.91 Å². The highest BCUT2D eigenvalue weighted by molar-refractivity contribution is 5.77. The third kappa shape index (κ3) is 5.59. The number of aryl methyl sites for hydroxylation is 1. The van der Waals surface area contributed by atoms with Crippen LogP contribution in [0.1, 0.15) is 44.5 Å². The van der Waals surface area contributed by atoms with E-state index in [1.54, 1.807) is 6.92 Å². The predicted octanol–water partition coefficient (Wildman–Crippen LogP) is 1.98. The maximum atomic E-state index is 12.4. The first kappa shape index (κ1) is 17.9. The highest BCUT2D eigenvalue weighted by atomic mass is 16.3. The number of rotatable bonds is 5. The lowest BCUT2D eigenvalue weighted by Gasteiger charge is -2.26. The largest absolute Gasteiger partial charge is 0.390 e. The van der Waals surface area contributed by atoms with Crippen LogP contribution in [0.15, 0.2) is 18.2 Å². The van der Waals surface area contributed by atoms with Crippen LogP contribution >= 0.6 is 0 Å². The Bertz CT molecular complexity index is 531. The van der Waals surface area contributed by atoms with Crippen molar-refractivity contribution in [1.82, 2.24) is 14.8 Å². The van der Waals surface area contributed by atoms with Crippen LogP contribution in [0.25, 0.3) is 0 Å². The summed E-state index contributed by atoms with van der Waals surface area (Å²) in [5, 5.41) is 10.1. The smallest absolute Gasteiger partial charge is 0.225 e. The molecule has 1 N–H and O–H groups in total. The van der Waals surface area contributed by atoms with Gasteiger partial charge in [-0.1, -0.05) is 13.0 Å². The highest BCUT2D eigenvalue weighted by Gasteiger charge is 2.26. The summed E-state index contributed by atoms with van der Waals surface area (Å²) in [4.78, 5) is 21.2. The Hall–Kier alpha value is -1.46. The van der Waals surface area contributed by atoms with Crippen molar-refractivity contribution in [3.8, 4) is 0 Å². The van der Waals surface area contributed by atoms with Gasteiger partial charge in [0.2, 0.25) is 5.91 Å². The molecule has 1 fully saturated rings. The van der Waals surface area contributed by atoms with E-state index in [1.165, 1.54) is 0 Å². The lowest BCUT2D eigenvalue weighted by Crippen LogP contribution is -2.39. The van der Waals surface area contributed by atoms with Crippen LogP contribution < -0.4 is 0 Å². The third-order valence-corrected chi connectivity index (χ3v) is 4.57. The summed E-state index contributed by atoms with van der Waals surface area (Å²) in [5.41, 5.74) is 1.23. The van der Waals surface area contributed by atoms with E-state index in [0.29, 0.717) is 6.42 Å². The van der Waals surface area contributed by atoms with Gasteiger partial charge in [0.05, 0.1) is 17.7 Å². The zero-order valence-electron chi connectivity index (χ0n) is 14.6. The lowest BCUT2D eigenvalue weighted by atomic mass is 9.98. The molecule has 1 unspecified atom stereocenters. The van der Waals surface area contributed by atoms with Gasteiger partial charge in [-0.25, -0.2) is 0 Å². The molecule has 0 aromatic carbocycles. The third-order valence-electron chi connectivity index (χ3n) is 4.57. The molecule has 128 valence electrons. The normalized spacial score (nSPS) is 19.2. The van der Waals surface area contributed by atoms with Gasteiger partial charge in [0.1, 0.15) is 0 Å². The number of hydrogen-bond donors (Lipinski definition) is 1. The fraction of sp³-hybridized carbons (Fsp3) is 0.667. The summed E-state index contributed by atoms with van der Waals surface area (Å²) in [7, 11) is 0. The van der Waals surface area contributed by atoms with Crippen molar-refractivity contribution in [3.63, 3.8) is 0 Å². The molecular weight excluding hydrogens is 290 g/mol. The summed E-state index contributed by atoms with van der Waals surface area (Å²) >= 11 is 0. The summed E-state index contributed by atoms with van der Waals surface area (Å²) in [6, 6.07) is 6.10. The Morgan fingerprint density at radius 2 is 2.09 bits per heavy atom. The number of pyridine rings is 1. The van der Waals surface area contributed by atoms with Crippen LogP contribution in [0.5, 0.6) is 0 Å². The molecule has 0 spiro atoms. The Kier molecular flexibility index (Phi) is 6.13. The van der Waals surface area contributed by atoms with Crippen LogP contribution in [-0.2, 0) is 11.3 Å². The van der Waals surface area contributed by atoms with Gasteiger partial charge in [0, 0.05) is 38.4 Å². The fourth-order valence-electron chi connectivity index (χ4n) is 2.86. The standard InChI is InChI=1S/C18H29N3O2/c1-4-18(3,23)13-17(22)21-10-6-9-20(11-12-21)14-16-8-5-7-15(2)19-16/h5,7-8,23H,4,6,9-14H2,1-3H3. The molecule has 5 heteroatoms. The van der Waals surface area contributed by atoms with Crippen molar-refractivity contribution in [2.75, 3.05) is 26.2 Å². The topological polar surface area (TPSA) is 56.7 Å². The molecule has 1 aromatic rings. The maximum absolute atomic E-state index is 12.4. The highest BCUT2D eigenvalue weighted by Crippen LogP contribution is 2.17.